The van der Waals surface area contributed by atoms with Gasteiger partial charge in [0.2, 0.25) is 0 Å². The van der Waals surface area contributed by atoms with Gasteiger partial charge in [0.25, 0.3) is 6.43 Å². The molecule has 0 aromatic carbocycles. The Labute approximate surface area is 88.8 Å². The minimum absolute atomic E-state index is 0.428. The van der Waals surface area contributed by atoms with Crippen LogP contribution < -0.4 is 5.32 Å². The number of nitrogens with zero attached hydrogens (tertiary/aromatic N) is 1. The molecule has 0 bridgehead atoms. The summed E-state index contributed by atoms with van der Waals surface area (Å²) in [6, 6.07) is 0. The molecule has 2 fully saturated rings. The molecule has 15 heavy (non-hydrogen) atoms. The number of alkyl halides is 2. The topological polar surface area (TPSA) is 24.5 Å². The Morgan fingerprint density at radius 2 is 1.93 bits per heavy atom. The van der Waals surface area contributed by atoms with E-state index in [4.69, 9.17) is 4.74 Å². The summed E-state index contributed by atoms with van der Waals surface area (Å²) in [5.74, 6) is 1.53. The minimum atomic E-state index is -2.34. The fourth-order valence-electron chi connectivity index (χ4n) is 2.50. The van der Waals surface area contributed by atoms with Gasteiger partial charge in [-0.2, -0.15) is 0 Å². The van der Waals surface area contributed by atoms with Crippen LogP contribution in [0.25, 0.3) is 0 Å². The Balaban J connectivity index is 1.57. The highest BCUT2D eigenvalue weighted by Crippen LogP contribution is 2.25. The number of nitrogens with one attached hydrogen (secondary N) is 1. The third kappa shape index (κ3) is 3.09. The molecule has 0 spiro atoms. The highest BCUT2D eigenvalue weighted by atomic mass is 19.3. The molecule has 0 aliphatic carbocycles. The summed E-state index contributed by atoms with van der Waals surface area (Å²) < 4.78 is 28.4. The van der Waals surface area contributed by atoms with Crippen molar-refractivity contribution in [2.75, 3.05) is 45.9 Å². The second-order valence-electron chi connectivity index (χ2n) is 4.40. The number of hydrogen-bond donors (Lipinski definition) is 1. The zero-order chi connectivity index (χ0) is 10.7. The molecule has 2 rings (SSSR count). The summed E-state index contributed by atoms with van der Waals surface area (Å²) in [7, 11) is 0. The van der Waals surface area contributed by atoms with Gasteiger partial charge in [-0.25, -0.2) is 8.78 Å². The van der Waals surface area contributed by atoms with E-state index < -0.39 is 13.0 Å². The SMILES string of the molecule is FC(F)COCCN1C[C@H]2CNC[C@H]2C1. The second-order valence-corrected chi connectivity index (χ2v) is 4.40. The van der Waals surface area contributed by atoms with Gasteiger partial charge in [0, 0.05) is 19.6 Å². The van der Waals surface area contributed by atoms with Gasteiger partial charge in [0.15, 0.2) is 0 Å². The molecule has 0 radical (unpaired) electrons. The zero-order valence-electron chi connectivity index (χ0n) is 8.79. The van der Waals surface area contributed by atoms with Gasteiger partial charge in [-0.15, -0.1) is 0 Å². The normalized spacial score (nSPS) is 31.4. The lowest BCUT2D eigenvalue weighted by molar-refractivity contribution is 0.0110. The van der Waals surface area contributed by atoms with Gasteiger partial charge in [-0.1, -0.05) is 0 Å². The van der Waals surface area contributed by atoms with Crippen LogP contribution in [0.5, 0.6) is 0 Å². The summed E-state index contributed by atoms with van der Waals surface area (Å²) in [4.78, 5) is 2.32. The highest BCUT2D eigenvalue weighted by Gasteiger charge is 2.35. The zero-order valence-corrected chi connectivity index (χ0v) is 8.79. The van der Waals surface area contributed by atoms with Crippen LogP contribution >= 0.6 is 0 Å². The van der Waals surface area contributed by atoms with E-state index in [1.165, 1.54) is 0 Å². The third-order valence-corrected chi connectivity index (χ3v) is 3.26. The molecule has 0 aromatic rings. The fraction of sp³-hybridized carbons (Fsp3) is 1.00. The molecule has 0 amide bonds. The van der Waals surface area contributed by atoms with Gasteiger partial charge in [0.1, 0.15) is 6.61 Å². The van der Waals surface area contributed by atoms with E-state index >= 15 is 0 Å². The molecular weight excluding hydrogens is 202 g/mol. The van der Waals surface area contributed by atoms with Crippen LogP contribution in [0, 0.1) is 11.8 Å². The van der Waals surface area contributed by atoms with Crippen molar-refractivity contribution in [2.45, 2.75) is 6.43 Å². The first-order chi connectivity index (χ1) is 7.25. The van der Waals surface area contributed by atoms with Crippen molar-refractivity contribution in [3.8, 4) is 0 Å². The second kappa shape index (κ2) is 5.18. The third-order valence-electron chi connectivity index (χ3n) is 3.26. The van der Waals surface area contributed by atoms with E-state index in [-0.39, 0.29) is 0 Å². The van der Waals surface area contributed by atoms with E-state index in [1.54, 1.807) is 0 Å². The van der Waals surface area contributed by atoms with Crippen molar-refractivity contribution in [3.05, 3.63) is 0 Å². The van der Waals surface area contributed by atoms with Gasteiger partial charge in [-0.05, 0) is 24.9 Å². The Hall–Kier alpha value is -0.260. The molecule has 88 valence electrons. The van der Waals surface area contributed by atoms with Crippen molar-refractivity contribution in [1.29, 1.82) is 0 Å². The molecule has 3 nitrogen and oxygen atoms in total. The van der Waals surface area contributed by atoms with Crippen LogP contribution in [0.1, 0.15) is 0 Å². The minimum Gasteiger partial charge on any atom is -0.374 e. The quantitative estimate of drug-likeness (QED) is 0.680. The summed E-state index contributed by atoms with van der Waals surface area (Å²) in [5, 5.41) is 3.37. The van der Waals surface area contributed by atoms with Crippen LogP contribution in [0.15, 0.2) is 0 Å². The largest absolute Gasteiger partial charge is 0.374 e. The average molecular weight is 220 g/mol. The Kier molecular flexibility index (Phi) is 3.88. The van der Waals surface area contributed by atoms with Gasteiger partial charge >= 0.3 is 0 Å². The molecule has 0 aromatic heterocycles. The van der Waals surface area contributed by atoms with Crippen molar-refractivity contribution in [1.82, 2.24) is 10.2 Å². The first-order valence-corrected chi connectivity index (χ1v) is 5.54. The summed E-state index contributed by atoms with van der Waals surface area (Å²) >= 11 is 0. The van der Waals surface area contributed by atoms with Crippen LogP contribution in [0.4, 0.5) is 8.78 Å². The molecule has 2 saturated heterocycles. The van der Waals surface area contributed by atoms with E-state index in [1.807, 2.05) is 0 Å². The van der Waals surface area contributed by atoms with E-state index in [2.05, 4.69) is 10.2 Å². The smallest absolute Gasteiger partial charge is 0.261 e. The van der Waals surface area contributed by atoms with Crippen LogP contribution in [0.3, 0.4) is 0 Å². The molecular formula is C10H18F2N2O. The lowest BCUT2D eigenvalue weighted by Gasteiger charge is -2.16. The Bertz CT molecular complexity index is 192. The first kappa shape index (κ1) is 11.2. The predicted molar refractivity (Wildman–Crippen MR) is 53.1 cm³/mol. The van der Waals surface area contributed by atoms with Gasteiger partial charge in [-0.3, -0.25) is 0 Å². The van der Waals surface area contributed by atoms with E-state index in [0.717, 1.165) is 44.6 Å². The van der Waals surface area contributed by atoms with Crippen molar-refractivity contribution in [3.63, 3.8) is 0 Å². The van der Waals surface area contributed by atoms with Crippen LogP contribution in [-0.2, 0) is 4.74 Å². The summed E-state index contributed by atoms with van der Waals surface area (Å²) in [6.07, 6.45) is -2.34. The van der Waals surface area contributed by atoms with Crippen LogP contribution in [0.2, 0.25) is 0 Å². The molecule has 2 aliphatic rings. The molecule has 5 heteroatoms. The maximum atomic E-state index is 11.8. The lowest BCUT2D eigenvalue weighted by Crippen LogP contribution is -2.29. The number of likely N-dealkylation sites (tertiary alicyclic amines) is 1. The Morgan fingerprint density at radius 1 is 1.27 bits per heavy atom. The maximum absolute atomic E-state index is 11.8. The molecule has 0 saturated carbocycles. The van der Waals surface area contributed by atoms with E-state index in [0.29, 0.717) is 6.61 Å². The fourth-order valence-corrected chi connectivity index (χ4v) is 2.50. The summed E-state index contributed by atoms with van der Waals surface area (Å²) in [5.41, 5.74) is 0. The first-order valence-electron chi connectivity index (χ1n) is 5.54. The van der Waals surface area contributed by atoms with Crippen LogP contribution in [-0.4, -0.2) is 57.3 Å². The lowest BCUT2D eigenvalue weighted by atomic mass is 10.0. The predicted octanol–water partition coefficient (Wildman–Crippen LogP) is 0.419. The number of hydrogen-bond acceptors (Lipinski definition) is 3. The monoisotopic (exact) mass is 220 g/mol. The van der Waals surface area contributed by atoms with Crippen molar-refractivity contribution < 1.29 is 13.5 Å². The molecule has 2 heterocycles. The number of fused-ring (bicyclic) bond motifs is 1. The highest BCUT2D eigenvalue weighted by molar-refractivity contribution is 4.90. The van der Waals surface area contributed by atoms with Gasteiger partial charge in [0.05, 0.1) is 6.61 Å². The molecule has 2 atom stereocenters. The number of halogens is 2. The molecule has 1 N–H and O–H groups in total. The number of rotatable bonds is 5. The molecule has 0 unspecified atom stereocenters. The average Bonchev–Trinajstić information content (AvgIpc) is 2.71. The van der Waals surface area contributed by atoms with Crippen molar-refractivity contribution in [2.24, 2.45) is 11.8 Å². The van der Waals surface area contributed by atoms with Gasteiger partial charge < -0.3 is 15.0 Å². The van der Waals surface area contributed by atoms with E-state index in [9.17, 15) is 8.78 Å². The summed E-state index contributed by atoms with van der Waals surface area (Å²) in [6.45, 7) is 5.20. The molecule has 2 aliphatic heterocycles. The maximum Gasteiger partial charge on any atom is 0.261 e. The van der Waals surface area contributed by atoms with Crippen molar-refractivity contribution >= 4 is 0 Å². The standard InChI is InChI=1S/C10H18F2N2O/c11-10(12)7-15-2-1-14-5-8-3-13-4-9(8)6-14/h8-10,13H,1-7H2/t8-,9+. The Morgan fingerprint density at radius 3 is 2.53 bits per heavy atom. The number of ether oxygens (including phenoxy) is 1.